The van der Waals surface area contributed by atoms with Crippen molar-refractivity contribution in [3.63, 3.8) is 0 Å². The minimum atomic E-state index is -0.297. The van der Waals surface area contributed by atoms with Crippen molar-refractivity contribution in [1.29, 1.82) is 0 Å². The lowest BCUT2D eigenvalue weighted by Gasteiger charge is -2.10. The molecule has 0 fully saturated rings. The van der Waals surface area contributed by atoms with Gasteiger partial charge in [0.2, 0.25) is 0 Å². The van der Waals surface area contributed by atoms with E-state index in [1.54, 1.807) is 0 Å². The highest BCUT2D eigenvalue weighted by atomic mass is 16.3. The van der Waals surface area contributed by atoms with Crippen molar-refractivity contribution < 1.29 is 9.90 Å². The number of carbonyl (C=O) groups excluding carboxylic acids is 1. The lowest BCUT2D eigenvalue weighted by Crippen LogP contribution is -2.13. The molecule has 2 N–H and O–H groups in total. The van der Waals surface area contributed by atoms with Crippen molar-refractivity contribution >= 4 is 11.6 Å². The van der Waals surface area contributed by atoms with Crippen molar-refractivity contribution in [2.45, 2.75) is 6.54 Å². The highest BCUT2D eigenvalue weighted by molar-refractivity contribution is 6.04. The van der Waals surface area contributed by atoms with E-state index >= 15 is 0 Å². The van der Waals surface area contributed by atoms with Gasteiger partial charge in [0.1, 0.15) is 5.75 Å². The predicted molar refractivity (Wildman–Crippen MR) is 77.7 cm³/mol. The Kier molecular flexibility index (Phi) is 4.32. The first-order valence-corrected chi connectivity index (χ1v) is 6.23. The van der Waals surface area contributed by atoms with E-state index in [1.165, 1.54) is 24.0 Å². The Hall–Kier alpha value is -2.40. The topological polar surface area (TPSA) is 65.5 Å². The van der Waals surface area contributed by atoms with Crippen LogP contribution in [0.3, 0.4) is 0 Å². The minimum absolute atomic E-state index is 0.0287. The van der Waals surface area contributed by atoms with E-state index in [0.29, 0.717) is 11.3 Å². The Morgan fingerprint density at radius 1 is 1.25 bits per heavy atom. The van der Waals surface area contributed by atoms with Crippen LogP contribution in [0.1, 0.15) is 15.9 Å². The number of nitrogens with zero attached hydrogens (tertiary/aromatic N) is 2. The lowest BCUT2D eigenvalue weighted by molar-refractivity contribution is 0.102. The van der Waals surface area contributed by atoms with Gasteiger partial charge in [-0.25, -0.2) is 0 Å². The zero-order chi connectivity index (χ0) is 14.5. The van der Waals surface area contributed by atoms with Gasteiger partial charge < -0.3 is 15.3 Å². The zero-order valence-electron chi connectivity index (χ0n) is 11.5. The average Bonchev–Trinajstić information content (AvgIpc) is 2.40. The molecule has 0 radical (unpaired) electrons. The molecule has 104 valence electrons. The van der Waals surface area contributed by atoms with Gasteiger partial charge in [0.15, 0.2) is 0 Å². The fourth-order valence-electron chi connectivity index (χ4n) is 1.81. The molecule has 5 nitrogen and oxygen atoms in total. The van der Waals surface area contributed by atoms with E-state index in [-0.39, 0.29) is 11.7 Å². The summed E-state index contributed by atoms with van der Waals surface area (Å²) < 4.78 is 0. The van der Waals surface area contributed by atoms with Crippen molar-refractivity contribution in [3.8, 4) is 5.75 Å². The van der Waals surface area contributed by atoms with Crippen LogP contribution in [0, 0.1) is 0 Å². The van der Waals surface area contributed by atoms with E-state index in [4.69, 9.17) is 0 Å². The van der Waals surface area contributed by atoms with E-state index in [2.05, 4.69) is 15.2 Å². The summed E-state index contributed by atoms with van der Waals surface area (Å²) in [6, 6.07) is 9.02. The summed E-state index contributed by atoms with van der Waals surface area (Å²) in [6.45, 7) is 0.852. The van der Waals surface area contributed by atoms with Crippen LogP contribution < -0.4 is 5.32 Å². The van der Waals surface area contributed by atoms with Gasteiger partial charge in [0, 0.05) is 18.4 Å². The third-order valence-corrected chi connectivity index (χ3v) is 2.70. The number of hydrogen-bond donors (Lipinski definition) is 2. The maximum atomic E-state index is 12.0. The predicted octanol–water partition coefficient (Wildman–Crippen LogP) is 2.10. The minimum Gasteiger partial charge on any atom is -0.506 e. The first kappa shape index (κ1) is 14.0. The van der Waals surface area contributed by atoms with Crippen LogP contribution >= 0.6 is 0 Å². The fraction of sp³-hybridized carbons (Fsp3) is 0.200. The molecular formula is C15H17N3O2. The van der Waals surface area contributed by atoms with Gasteiger partial charge in [-0.15, -0.1) is 0 Å². The van der Waals surface area contributed by atoms with Crippen LogP contribution in [0.2, 0.25) is 0 Å². The van der Waals surface area contributed by atoms with Crippen LogP contribution in [-0.4, -0.2) is 35.0 Å². The molecule has 1 amide bonds. The molecule has 1 aromatic carbocycles. The first-order chi connectivity index (χ1) is 9.54. The monoisotopic (exact) mass is 271 g/mol. The van der Waals surface area contributed by atoms with Crippen LogP contribution in [0.15, 0.2) is 42.7 Å². The Labute approximate surface area is 117 Å². The maximum absolute atomic E-state index is 12.0. The van der Waals surface area contributed by atoms with E-state index in [1.807, 2.05) is 38.4 Å². The number of anilines is 1. The third kappa shape index (κ3) is 3.80. The largest absolute Gasteiger partial charge is 0.506 e. The molecule has 0 atom stereocenters. The Morgan fingerprint density at radius 2 is 1.95 bits per heavy atom. The number of aromatic nitrogens is 1. The molecule has 1 heterocycles. The Morgan fingerprint density at radius 3 is 2.55 bits per heavy atom. The molecule has 2 aromatic rings. The summed E-state index contributed by atoms with van der Waals surface area (Å²) in [5.41, 5.74) is 2.20. The molecule has 5 heteroatoms. The smallest absolute Gasteiger partial charge is 0.257 e. The second kappa shape index (κ2) is 6.16. The summed E-state index contributed by atoms with van der Waals surface area (Å²) >= 11 is 0. The normalized spacial score (nSPS) is 10.6. The van der Waals surface area contributed by atoms with Gasteiger partial charge in [-0.1, -0.05) is 12.1 Å². The van der Waals surface area contributed by atoms with Gasteiger partial charge >= 0.3 is 0 Å². The molecule has 0 saturated carbocycles. The van der Waals surface area contributed by atoms with E-state index < -0.39 is 0 Å². The third-order valence-electron chi connectivity index (χ3n) is 2.70. The van der Waals surface area contributed by atoms with E-state index in [9.17, 15) is 9.90 Å². The van der Waals surface area contributed by atoms with Gasteiger partial charge in [-0.2, -0.15) is 0 Å². The summed E-state index contributed by atoms with van der Waals surface area (Å²) in [7, 11) is 4.01. The van der Waals surface area contributed by atoms with Gasteiger partial charge in [-0.3, -0.25) is 9.78 Å². The molecule has 0 unspecified atom stereocenters. The molecule has 0 saturated heterocycles. The molecule has 0 bridgehead atoms. The van der Waals surface area contributed by atoms with Gasteiger partial charge in [0.25, 0.3) is 5.91 Å². The summed E-state index contributed by atoms with van der Waals surface area (Å²) in [6.07, 6.45) is 2.70. The van der Waals surface area contributed by atoms with Crippen molar-refractivity contribution in [3.05, 3.63) is 53.9 Å². The van der Waals surface area contributed by atoms with Crippen LogP contribution in [0.4, 0.5) is 5.69 Å². The van der Waals surface area contributed by atoms with Gasteiger partial charge in [0.05, 0.1) is 11.8 Å². The number of nitrogens with one attached hydrogen (secondary N) is 1. The average molecular weight is 271 g/mol. The molecule has 0 aliphatic heterocycles. The number of pyridine rings is 1. The maximum Gasteiger partial charge on any atom is 0.257 e. The molecule has 0 aliphatic carbocycles. The molecule has 2 rings (SSSR count). The molecule has 1 aromatic heterocycles. The lowest BCUT2D eigenvalue weighted by atomic mass is 10.2. The second-order valence-corrected chi connectivity index (χ2v) is 4.82. The summed E-state index contributed by atoms with van der Waals surface area (Å²) in [5, 5.41) is 12.1. The van der Waals surface area contributed by atoms with Crippen LogP contribution in [-0.2, 0) is 6.54 Å². The number of carbonyl (C=O) groups is 1. The van der Waals surface area contributed by atoms with Crippen LogP contribution in [0.5, 0.6) is 5.75 Å². The van der Waals surface area contributed by atoms with E-state index in [0.717, 1.165) is 6.54 Å². The molecular weight excluding hydrogens is 254 g/mol. The number of hydrogen-bond acceptors (Lipinski definition) is 4. The number of aromatic hydroxyl groups is 1. The Bertz CT molecular complexity index is 594. The Balaban J connectivity index is 2.04. The zero-order valence-corrected chi connectivity index (χ0v) is 11.5. The highest BCUT2D eigenvalue weighted by Crippen LogP contribution is 2.14. The van der Waals surface area contributed by atoms with Crippen molar-refractivity contribution in [1.82, 2.24) is 9.88 Å². The quantitative estimate of drug-likeness (QED) is 0.893. The molecule has 0 aliphatic rings. The van der Waals surface area contributed by atoms with Gasteiger partial charge in [-0.05, 0) is 37.9 Å². The molecule has 20 heavy (non-hydrogen) atoms. The summed E-state index contributed by atoms with van der Waals surface area (Å²) in [4.78, 5) is 17.8. The van der Waals surface area contributed by atoms with Crippen LogP contribution in [0.25, 0.3) is 0 Å². The number of benzene rings is 1. The second-order valence-electron chi connectivity index (χ2n) is 4.82. The number of rotatable bonds is 4. The van der Waals surface area contributed by atoms with Crippen molar-refractivity contribution in [2.24, 2.45) is 0 Å². The first-order valence-electron chi connectivity index (χ1n) is 6.23. The summed E-state index contributed by atoms with van der Waals surface area (Å²) in [5.74, 6) is -0.326. The van der Waals surface area contributed by atoms with Crippen molar-refractivity contribution in [2.75, 3.05) is 19.4 Å². The molecule has 0 spiro atoms. The standard InChI is InChI=1S/C15H17N3O2/c1-18(2)10-11-3-5-13(6-4-11)17-15(20)12-7-14(19)9-16-8-12/h3-9,19H,10H2,1-2H3,(H,17,20). The fourth-order valence-corrected chi connectivity index (χ4v) is 1.81. The SMILES string of the molecule is CN(C)Cc1ccc(NC(=O)c2cncc(O)c2)cc1. The number of amides is 1. The highest BCUT2D eigenvalue weighted by Gasteiger charge is 2.07.